The Morgan fingerprint density at radius 2 is 2.00 bits per heavy atom. The van der Waals surface area contributed by atoms with Crippen molar-refractivity contribution in [2.45, 2.75) is 32.9 Å². The summed E-state index contributed by atoms with van der Waals surface area (Å²) in [5, 5.41) is 11.9. The molecule has 0 aliphatic heterocycles. The molecule has 2 atom stereocenters. The predicted molar refractivity (Wildman–Crippen MR) is 45.6 cm³/mol. The molecule has 2 N–H and O–H groups in total. The first kappa shape index (κ1) is 10.9. The Bertz CT molecular complexity index is 88.2. The van der Waals surface area contributed by atoms with Crippen LogP contribution < -0.4 is 5.32 Å². The monoisotopic (exact) mass is 161 g/mol. The minimum absolute atomic E-state index is 0.158. The summed E-state index contributed by atoms with van der Waals surface area (Å²) in [6.45, 7) is 7.60. The maximum Gasteiger partial charge on any atom is 0.0616 e. The average molecular weight is 161 g/mol. The van der Waals surface area contributed by atoms with Crippen molar-refractivity contribution in [1.82, 2.24) is 5.32 Å². The quantitative estimate of drug-likeness (QED) is 0.592. The SMILES string of the molecule is CCOCC(C)N[C@H](C)CO. The molecule has 1 unspecified atom stereocenters. The van der Waals surface area contributed by atoms with Crippen molar-refractivity contribution < 1.29 is 9.84 Å². The highest BCUT2D eigenvalue weighted by Gasteiger charge is 2.04. The molecule has 0 saturated carbocycles. The van der Waals surface area contributed by atoms with Gasteiger partial charge in [-0.05, 0) is 20.8 Å². The molecule has 3 heteroatoms. The van der Waals surface area contributed by atoms with Gasteiger partial charge < -0.3 is 15.2 Å². The predicted octanol–water partition coefficient (Wildman–Crippen LogP) is 0.382. The Morgan fingerprint density at radius 3 is 2.45 bits per heavy atom. The first-order valence-corrected chi connectivity index (χ1v) is 4.15. The van der Waals surface area contributed by atoms with E-state index in [1.54, 1.807) is 0 Å². The van der Waals surface area contributed by atoms with E-state index in [1.807, 2.05) is 20.8 Å². The summed E-state index contributed by atoms with van der Waals surface area (Å²) < 4.78 is 5.20. The second kappa shape index (κ2) is 6.58. The molecule has 3 nitrogen and oxygen atoms in total. The average Bonchev–Trinajstić information content (AvgIpc) is 2.00. The van der Waals surface area contributed by atoms with E-state index in [0.29, 0.717) is 12.6 Å². The largest absolute Gasteiger partial charge is 0.395 e. The van der Waals surface area contributed by atoms with Gasteiger partial charge in [0.1, 0.15) is 0 Å². The van der Waals surface area contributed by atoms with E-state index >= 15 is 0 Å². The number of hydrogen-bond donors (Lipinski definition) is 2. The molecule has 0 aliphatic rings. The van der Waals surface area contributed by atoms with Gasteiger partial charge >= 0.3 is 0 Å². The fourth-order valence-electron chi connectivity index (χ4n) is 0.881. The van der Waals surface area contributed by atoms with Crippen LogP contribution in [0.5, 0.6) is 0 Å². The van der Waals surface area contributed by atoms with E-state index in [9.17, 15) is 0 Å². The molecule has 0 aromatic heterocycles. The van der Waals surface area contributed by atoms with E-state index in [-0.39, 0.29) is 12.6 Å². The molecule has 0 saturated heterocycles. The van der Waals surface area contributed by atoms with Crippen LogP contribution in [0.1, 0.15) is 20.8 Å². The van der Waals surface area contributed by atoms with Gasteiger partial charge in [0.15, 0.2) is 0 Å². The van der Waals surface area contributed by atoms with Gasteiger partial charge in [0, 0.05) is 18.7 Å². The fraction of sp³-hybridized carbons (Fsp3) is 1.00. The number of nitrogens with one attached hydrogen (secondary N) is 1. The minimum atomic E-state index is 0.158. The highest BCUT2D eigenvalue weighted by Crippen LogP contribution is 1.87. The molecule has 0 amide bonds. The second-order valence-corrected chi connectivity index (χ2v) is 2.81. The lowest BCUT2D eigenvalue weighted by Crippen LogP contribution is -2.39. The summed E-state index contributed by atoms with van der Waals surface area (Å²) in [5.41, 5.74) is 0. The topological polar surface area (TPSA) is 41.5 Å². The Morgan fingerprint density at radius 1 is 1.36 bits per heavy atom. The highest BCUT2D eigenvalue weighted by atomic mass is 16.5. The van der Waals surface area contributed by atoms with Crippen LogP contribution in [0.25, 0.3) is 0 Å². The zero-order valence-corrected chi connectivity index (χ0v) is 7.63. The Hall–Kier alpha value is -0.120. The molecule has 0 bridgehead atoms. The standard InChI is InChI=1S/C8H19NO2/c1-4-11-6-8(3)9-7(2)5-10/h7-10H,4-6H2,1-3H3/t7-,8?/m1/s1. The summed E-state index contributed by atoms with van der Waals surface area (Å²) >= 11 is 0. The molecule has 0 rings (SSSR count). The Kier molecular flexibility index (Phi) is 6.51. The van der Waals surface area contributed by atoms with Crippen LogP contribution in [-0.2, 0) is 4.74 Å². The van der Waals surface area contributed by atoms with Gasteiger partial charge in [0.05, 0.1) is 13.2 Å². The lowest BCUT2D eigenvalue weighted by atomic mass is 10.3. The van der Waals surface area contributed by atoms with Crippen molar-refractivity contribution in [1.29, 1.82) is 0 Å². The van der Waals surface area contributed by atoms with Crippen LogP contribution in [0.3, 0.4) is 0 Å². The molecule has 0 aromatic rings. The van der Waals surface area contributed by atoms with E-state index in [2.05, 4.69) is 5.32 Å². The number of aliphatic hydroxyl groups excluding tert-OH is 1. The molecule has 0 radical (unpaired) electrons. The molecule has 0 spiro atoms. The van der Waals surface area contributed by atoms with Crippen molar-refractivity contribution >= 4 is 0 Å². The van der Waals surface area contributed by atoms with Crippen LogP contribution in [0, 0.1) is 0 Å². The first-order valence-electron chi connectivity index (χ1n) is 4.15. The lowest BCUT2D eigenvalue weighted by Gasteiger charge is -2.17. The van der Waals surface area contributed by atoms with E-state index < -0.39 is 0 Å². The Balaban J connectivity index is 3.27. The summed E-state index contributed by atoms with van der Waals surface area (Å²) in [4.78, 5) is 0. The normalized spacial score (nSPS) is 16.4. The number of rotatable bonds is 6. The van der Waals surface area contributed by atoms with Gasteiger partial charge in [0.2, 0.25) is 0 Å². The minimum Gasteiger partial charge on any atom is -0.395 e. The summed E-state index contributed by atoms with van der Waals surface area (Å²) in [7, 11) is 0. The van der Waals surface area contributed by atoms with Crippen molar-refractivity contribution in [3.05, 3.63) is 0 Å². The summed E-state index contributed by atoms with van der Waals surface area (Å²) in [5.74, 6) is 0. The zero-order chi connectivity index (χ0) is 8.69. The van der Waals surface area contributed by atoms with E-state index in [4.69, 9.17) is 9.84 Å². The lowest BCUT2D eigenvalue weighted by molar-refractivity contribution is 0.119. The van der Waals surface area contributed by atoms with Crippen LogP contribution in [0.15, 0.2) is 0 Å². The van der Waals surface area contributed by atoms with Crippen LogP contribution >= 0.6 is 0 Å². The second-order valence-electron chi connectivity index (χ2n) is 2.81. The number of hydrogen-bond acceptors (Lipinski definition) is 3. The molecule has 11 heavy (non-hydrogen) atoms. The molecular weight excluding hydrogens is 142 g/mol. The van der Waals surface area contributed by atoms with Crippen LogP contribution in [-0.4, -0.2) is 37.0 Å². The highest BCUT2D eigenvalue weighted by molar-refractivity contribution is 4.65. The van der Waals surface area contributed by atoms with Crippen molar-refractivity contribution in [3.63, 3.8) is 0 Å². The first-order chi connectivity index (χ1) is 5.20. The van der Waals surface area contributed by atoms with Gasteiger partial charge in [-0.3, -0.25) is 0 Å². The maximum absolute atomic E-state index is 8.71. The van der Waals surface area contributed by atoms with Crippen molar-refractivity contribution in [2.75, 3.05) is 19.8 Å². The molecule has 68 valence electrons. The molecule has 0 heterocycles. The van der Waals surface area contributed by atoms with Crippen molar-refractivity contribution in [2.24, 2.45) is 0 Å². The van der Waals surface area contributed by atoms with E-state index in [1.165, 1.54) is 0 Å². The summed E-state index contributed by atoms with van der Waals surface area (Å²) in [6, 6.07) is 0.475. The van der Waals surface area contributed by atoms with Gasteiger partial charge in [-0.25, -0.2) is 0 Å². The molecule has 0 aliphatic carbocycles. The fourth-order valence-corrected chi connectivity index (χ4v) is 0.881. The smallest absolute Gasteiger partial charge is 0.0616 e. The Labute approximate surface area is 68.8 Å². The third kappa shape index (κ3) is 6.28. The van der Waals surface area contributed by atoms with Crippen LogP contribution in [0.2, 0.25) is 0 Å². The third-order valence-corrected chi connectivity index (χ3v) is 1.41. The van der Waals surface area contributed by atoms with Crippen molar-refractivity contribution in [3.8, 4) is 0 Å². The molecular formula is C8H19NO2. The number of aliphatic hydroxyl groups is 1. The zero-order valence-electron chi connectivity index (χ0n) is 7.63. The number of ether oxygens (including phenoxy) is 1. The van der Waals surface area contributed by atoms with Gasteiger partial charge in [-0.2, -0.15) is 0 Å². The maximum atomic E-state index is 8.71. The van der Waals surface area contributed by atoms with Gasteiger partial charge in [-0.15, -0.1) is 0 Å². The van der Waals surface area contributed by atoms with Gasteiger partial charge in [-0.1, -0.05) is 0 Å². The van der Waals surface area contributed by atoms with Crippen LogP contribution in [0.4, 0.5) is 0 Å². The molecule has 0 fully saturated rings. The van der Waals surface area contributed by atoms with Gasteiger partial charge in [0.25, 0.3) is 0 Å². The summed E-state index contributed by atoms with van der Waals surface area (Å²) in [6.07, 6.45) is 0. The van der Waals surface area contributed by atoms with E-state index in [0.717, 1.165) is 6.61 Å². The third-order valence-electron chi connectivity index (χ3n) is 1.41. The molecule has 0 aromatic carbocycles.